The van der Waals surface area contributed by atoms with Crippen molar-refractivity contribution in [1.82, 2.24) is 10.2 Å². The maximum Gasteiger partial charge on any atom is 0.253 e. The lowest BCUT2D eigenvalue weighted by Crippen LogP contribution is -2.32. The van der Waals surface area contributed by atoms with Crippen molar-refractivity contribution in [2.45, 2.75) is 25.3 Å². The van der Waals surface area contributed by atoms with Crippen LogP contribution >= 0.6 is 15.9 Å². The van der Waals surface area contributed by atoms with Gasteiger partial charge in [0.2, 0.25) is 0 Å². The third-order valence-corrected chi connectivity index (χ3v) is 3.89. The molecule has 0 aromatic heterocycles. The normalized spacial score (nSPS) is 18.9. The lowest BCUT2D eigenvalue weighted by atomic mass is 10.1. The van der Waals surface area contributed by atoms with Gasteiger partial charge in [0.05, 0.1) is 0 Å². The summed E-state index contributed by atoms with van der Waals surface area (Å²) >= 11 is 3.39. The molecule has 0 radical (unpaired) electrons. The molecule has 3 nitrogen and oxygen atoms in total. The monoisotopic (exact) mass is 310 g/mol. The summed E-state index contributed by atoms with van der Waals surface area (Å²) in [5, 5.41) is 3.45. The van der Waals surface area contributed by atoms with Gasteiger partial charge in [0.25, 0.3) is 5.91 Å². The summed E-state index contributed by atoms with van der Waals surface area (Å²) in [4.78, 5) is 14.0. The van der Waals surface area contributed by atoms with E-state index in [-0.39, 0.29) is 5.91 Å². The molecule has 1 N–H and O–H groups in total. The van der Waals surface area contributed by atoms with Gasteiger partial charge in [-0.1, -0.05) is 22.0 Å². The van der Waals surface area contributed by atoms with Crippen molar-refractivity contribution >= 4 is 21.8 Å². The van der Waals surface area contributed by atoms with Gasteiger partial charge in [0.1, 0.15) is 0 Å². The van der Waals surface area contributed by atoms with Crippen LogP contribution in [0.4, 0.5) is 0 Å². The van der Waals surface area contributed by atoms with E-state index < -0.39 is 0 Å². The molecule has 1 aromatic carbocycles. The van der Waals surface area contributed by atoms with E-state index in [0.717, 1.165) is 29.5 Å². The van der Waals surface area contributed by atoms with E-state index in [2.05, 4.69) is 21.2 Å². The van der Waals surface area contributed by atoms with Crippen LogP contribution in [-0.4, -0.2) is 37.0 Å². The second-order valence-corrected chi connectivity index (χ2v) is 5.73. The van der Waals surface area contributed by atoms with Gasteiger partial charge in [-0.3, -0.25) is 4.79 Å². The average molecular weight is 311 g/mol. The molecule has 1 aromatic rings. The summed E-state index contributed by atoms with van der Waals surface area (Å²) in [6, 6.07) is 8.13. The zero-order valence-electron chi connectivity index (χ0n) is 10.7. The number of halogens is 1. The van der Waals surface area contributed by atoms with Crippen molar-refractivity contribution in [3.8, 4) is 0 Å². The van der Waals surface area contributed by atoms with Crippen LogP contribution in [-0.2, 0) is 0 Å². The lowest BCUT2D eigenvalue weighted by molar-refractivity contribution is 0.0790. The van der Waals surface area contributed by atoms with Crippen LogP contribution in [0.15, 0.2) is 28.7 Å². The van der Waals surface area contributed by atoms with E-state index in [1.807, 2.05) is 36.2 Å². The minimum atomic E-state index is 0.0919. The maximum absolute atomic E-state index is 12.2. The number of carbonyl (C=O) groups excluding carboxylic acids is 1. The molecule has 1 unspecified atom stereocenters. The van der Waals surface area contributed by atoms with Crippen molar-refractivity contribution in [2.75, 3.05) is 20.1 Å². The number of hydrogen-bond acceptors (Lipinski definition) is 2. The van der Waals surface area contributed by atoms with Gasteiger partial charge in [-0.2, -0.15) is 0 Å². The van der Waals surface area contributed by atoms with Gasteiger partial charge in [0, 0.05) is 29.7 Å². The van der Waals surface area contributed by atoms with Gasteiger partial charge in [0.15, 0.2) is 0 Å². The number of rotatable bonds is 4. The number of nitrogens with one attached hydrogen (secondary N) is 1. The van der Waals surface area contributed by atoms with Crippen molar-refractivity contribution < 1.29 is 4.79 Å². The van der Waals surface area contributed by atoms with E-state index in [9.17, 15) is 4.79 Å². The summed E-state index contributed by atoms with van der Waals surface area (Å²) < 4.78 is 0.944. The first-order valence-electron chi connectivity index (χ1n) is 6.41. The van der Waals surface area contributed by atoms with Crippen LogP contribution in [0.25, 0.3) is 0 Å². The molecular formula is C14H19BrN2O. The number of benzene rings is 1. The van der Waals surface area contributed by atoms with Crippen LogP contribution in [0.2, 0.25) is 0 Å². The first-order chi connectivity index (χ1) is 8.66. The summed E-state index contributed by atoms with van der Waals surface area (Å²) in [7, 11) is 1.87. The Bertz CT molecular complexity index is 416. The third kappa shape index (κ3) is 3.56. The summed E-state index contributed by atoms with van der Waals surface area (Å²) in [6.07, 6.45) is 3.53. The van der Waals surface area contributed by atoms with Crippen molar-refractivity contribution in [1.29, 1.82) is 0 Å². The molecule has 1 saturated heterocycles. The van der Waals surface area contributed by atoms with Gasteiger partial charge in [-0.25, -0.2) is 0 Å². The highest BCUT2D eigenvalue weighted by Crippen LogP contribution is 2.14. The van der Waals surface area contributed by atoms with Crippen LogP contribution in [0.1, 0.15) is 29.6 Å². The molecule has 1 aliphatic heterocycles. The molecule has 0 spiro atoms. The highest BCUT2D eigenvalue weighted by molar-refractivity contribution is 9.10. The first kappa shape index (κ1) is 13.6. The fraction of sp³-hybridized carbons (Fsp3) is 0.500. The van der Waals surface area contributed by atoms with Crippen molar-refractivity contribution in [3.63, 3.8) is 0 Å². The number of hydrogen-bond donors (Lipinski definition) is 1. The van der Waals surface area contributed by atoms with Crippen LogP contribution in [0, 0.1) is 0 Å². The summed E-state index contributed by atoms with van der Waals surface area (Å²) in [5.74, 6) is 0.0919. The molecule has 18 heavy (non-hydrogen) atoms. The number of amides is 1. The Morgan fingerprint density at radius 1 is 1.56 bits per heavy atom. The van der Waals surface area contributed by atoms with E-state index >= 15 is 0 Å². The van der Waals surface area contributed by atoms with Crippen LogP contribution < -0.4 is 5.32 Å². The minimum absolute atomic E-state index is 0.0919. The third-order valence-electron chi connectivity index (χ3n) is 3.39. The molecule has 1 fully saturated rings. The summed E-state index contributed by atoms with van der Waals surface area (Å²) in [6.45, 7) is 1.93. The fourth-order valence-corrected chi connectivity index (χ4v) is 2.70. The molecule has 2 rings (SSSR count). The Morgan fingerprint density at radius 2 is 2.39 bits per heavy atom. The molecule has 98 valence electrons. The second-order valence-electron chi connectivity index (χ2n) is 4.82. The van der Waals surface area contributed by atoms with Gasteiger partial charge in [-0.15, -0.1) is 0 Å². The molecule has 0 bridgehead atoms. The zero-order valence-corrected chi connectivity index (χ0v) is 12.2. The molecule has 0 aliphatic carbocycles. The van der Waals surface area contributed by atoms with Crippen LogP contribution in [0.3, 0.4) is 0 Å². The maximum atomic E-state index is 12.2. The smallest absolute Gasteiger partial charge is 0.253 e. The zero-order chi connectivity index (χ0) is 13.0. The SMILES string of the molecule is CN(CCC1CCCN1)C(=O)c1cccc(Br)c1. The largest absolute Gasteiger partial charge is 0.342 e. The number of carbonyl (C=O) groups is 1. The molecule has 0 saturated carbocycles. The molecule has 1 atom stereocenters. The molecule has 1 amide bonds. The van der Waals surface area contributed by atoms with Gasteiger partial charge in [-0.05, 0) is 44.0 Å². The Hall–Kier alpha value is -0.870. The second kappa shape index (κ2) is 6.34. The molecule has 4 heteroatoms. The summed E-state index contributed by atoms with van der Waals surface area (Å²) in [5.41, 5.74) is 0.742. The Balaban J connectivity index is 1.87. The highest BCUT2D eigenvalue weighted by Gasteiger charge is 2.17. The lowest BCUT2D eigenvalue weighted by Gasteiger charge is -2.19. The molecular weight excluding hydrogens is 292 g/mol. The molecule has 1 aliphatic rings. The Labute approximate surface area is 117 Å². The first-order valence-corrected chi connectivity index (χ1v) is 7.20. The standard InChI is InChI=1S/C14H19BrN2O/c1-17(9-7-13-6-3-8-16-13)14(18)11-4-2-5-12(15)10-11/h2,4-5,10,13,16H,3,6-9H2,1H3. The van der Waals surface area contributed by atoms with E-state index in [4.69, 9.17) is 0 Å². The highest BCUT2D eigenvalue weighted by atomic mass is 79.9. The number of nitrogens with zero attached hydrogens (tertiary/aromatic N) is 1. The van der Waals surface area contributed by atoms with E-state index in [0.29, 0.717) is 6.04 Å². The Kier molecular flexibility index (Phi) is 4.78. The minimum Gasteiger partial charge on any atom is -0.342 e. The topological polar surface area (TPSA) is 32.3 Å². The van der Waals surface area contributed by atoms with E-state index in [1.54, 1.807) is 0 Å². The molecule has 1 heterocycles. The van der Waals surface area contributed by atoms with Crippen molar-refractivity contribution in [3.05, 3.63) is 34.3 Å². The Morgan fingerprint density at radius 3 is 3.06 bits per heavy atom. The van der Waals surface area contributed by atoms with E-state index in [1.165, 1.54) is 12.8 Å². The average Bonchev–Trinajstić information content (AvgIpc) is 2.88. The van der Waals surface area contributed by atoms with Gasteiger partial charge >= 0.3 is 0 Å². The van der Waals surface area contributed by atoms with Gasteiger partial charge < -0.3 is 10.2 Å². The fourth-order valence-electron chi connectivity index (χ4n) is 2.30. The predicted molar refractivity (Wildman–Crippen MR) is 76.7 cm³/mol. The van der Waals surface area contributed by atoms with Crippen LogP contribution in [0.5, 0.6) is 0 Å². The quantitative estimate of drug-likeness (QED) is 0.927. The van der Waals surface area contributed by atoms with Crippen molar-refractivity contribution in [2.24, 2.45) is 0 Å². The predicted octanol–water partition coefficient (Wildman–Crippen LogP) is 2.66.